The number of aryl methyl sites for hydroxylation is 1. The van der Waals surface area contributed by atoms with Crippen LogP contribution in [0.2, 0.25) is 25.7 Å². The number of benzene rings is 1. The van der Waals surface area contributed by atoms with Crippen molar-refractivity contribution in [3.05, 3.63) is 74.8 Å². The molecule has 3 aromatic heterocycles. The molecule has 1 aromatic carbocycles. The summed E-state index contributed by atoms with van der Waals surface area (Å²) in [6, 6.07) is 11.9. The summed E-state index contributed by atoms with van der Waals surface area (Å²) in [5.41, 5.74) is 3.63. The van der Waals surface area contributed by atoms with E-state index in [1.165, 1.54) is 19.3 Å². The van der Waals surface area contributed by atoms with Crippen LogP contribution in [0.15, 0.2) is 52.1 Å². The molecule has 2 aliphatic rings. The van der Waals surface area contributed by atoms with Crippen LogP contribution >= 0.6 is 15.9 Å². The molecule has 4 aromatic rings. The topological polar surface area (TPSA) is 88.1 Å². The second kappa shape index (κ2) is 12.8. The van der Waals surface area contributed by atoms with Crippen molar-refractivity contribution in [2.75, 3.05) is 19.8 Å². The van der Waals surface area contributed by atoms with Gasteiger partial charge in [-0.25, -0.2) is 0 Å². The quantitative estimate of drug-likeness (QED) is 0.152. The summed E-state index contributed by atoms with van der Waals surface area (Å²) in [5, 5.41) is 13.2. The van der Waals surface area contributed by atoms with Gasteiger partial charge in [0, 0.05) is 74.3 Å². The Kier molecular flexibility index (Phi) is 9.07. The number of rotatable bonds is 12. The van der Waals surface area contributed by atoms with Gasteiger partial charge in [-0.3, -0.25) is 9.36 Å². The van der Waals surface area contributed by atoms with Crippen LogP contribution < -0.4 is 10.9 Å². The minimum absolute atomic E-state index is 0.0570. The van der Waals surface area contributed by atoms with E-state index in [2.05, 4.69) is 79.9 Å². The summed E-state index contributed by atoms with van der Waals surface area (Å²) in [4.78, 5) is 14.3. The highest BCUT2D eigenvalue weighted by atomic mass is 79.9. The average molecular weight is 668 g/mol. The van der Waals surface area contributed by atoms with E-state index in [-0.39, 0.29) is 11.5 Å². The van der Waals surface area contributed by atoms with E-state index in [0.29, 0.717) is 37.4 Å². The first-order valence-electron chi connectivity index (χ1n) is 15.5. The first-order chi connectivity index (χ1) is 20.7. The van der Waals surface area contributed by atoms with Crippen LogP contribution in [0.25, 0.3) is 16.6 Å². The number of nitrogens with one attached hydrogen (secondary N) is 1. The van der Waals surface area contributed by atoms with Gasteiger partial charge in [0.1, 0.15) is 24.4 Å². The normalized spacial score (nSPS) is 18.4. The maximum Gasteiger partial charge on any atom is 0.279 e. The summed E-state index contributed by atoms with van der Waals surface area (Å²) in [5.74, 6) is 1.64. The molecule has 0 unspecified atom stereocenters. The van der Waals surface area contributed by atoms with Crippen molar-refractivity contribution in [1.29, 1.82) is 0 Å². The fourth-order valence-corrected chi connectivity index (χ4v) is 7.45. The lowest BCUT2D eigenvalue weighted by Crippen LogP contribution is -2.30. The highest BCUT2D eigenvalue weighted by Crippen LogP contribution is 2.43. The van der Waals surface area contributed by atoms with Crippen LogP contribution in [-0.2, 0) is 29.8 Å². The summed E-state index contributed by atoms with van der Waals surface area (Å²) >= 11 is 3.81. The predicted molar refractivity (Wildman–Crippen MR) is 176 cm³/mol. The molecule has 0 radical (unpaired) electrons. The van der Waals surface area contributed by atoms with E-state index < -0.39 is 8.07 Å². The first kappa shape index (κ1) is 30.5. The first-order valence-corrected chi connectivity index (χ1v) is 20.0. The van der Waals surface area contributed by atoms with Gasteiger partial charge in [-0.1, -0.05) is 38.2 Å². The number of hydrogen-bond acceptors (Lipinski definition) is 6. The molecule has 2 atom stereocenters. The molecular weight excluding hydrogens is 624 g/mol. The SMILES string of the molecule is Cn1cnnc1[C@@H](c1cccc(-n2cc(Br)c3cc(CN[C@@H]4CCOC4)n(COCC[Si](C)(C)C)c3c2=O)c1)C1CCC1. The Morgan fingerprint density at radius 2 is 2.05 bits per heavy atom. The number of ether oxygens (including phenoxy) is 2. The van der Waals surface area contributed by atoms with Crippen LogP contribution in [0.1, 0.15) is 48.7 Å². The molecule has 43 heavy (non-hydrogen) atoms. The Bertz CT molecular complexity index is 1630. The van der Waals surface area contributed by atoms with Crippen LogP contribution in [0.3, 0.4) is 0 Å². The van der Waals surface area contributed by atoms with Crippen molar-refractivity contribution in [3.63, 3.8) is 0 Å². The Labute approximate surface area is 262 Å². The van der Waals surface area contributed by atoms with Gasteiger partial charge in [0.2, 0.25) is 0 Å². The lowest BCUT2D eigenvalue weighted by atomic mass is 9.72. The number of fused-ring (bicyclic) bond motifs is 1. The van der Waals surface area contributed by atoms with Gasteiger partial charge in [0.05, 0.1) is 6.61 Å². The largest absolute Gasteiger partial charge is 0.380 e. The molecule has 11 heteroatoms. The van der Waals surface area contributed by atoms with E-state index in [4.69, 9.17) is 9.47 Å². The zero-order valence-electron chi connectivity index (χ0n) is 25.7. The fraction of sp³-hybridized carbons (Fsp3) is 0.531. The molecule has 0 spiro atoms. The van der Waals surface area contributed by atoms with Crippen LogP contribution in [-0.4, -0.2) is 57.8 Å². The van der Waals surface area contributed by atoms with E-state index in [1.54, 1.807) is 10.9 Å². The molecule has 1 N–H and O–H groups in total. The lowest BCUT2D eigenvalue weighted by Gasteiger charge is -2.33. The third-order valence-corrected chi connectivity index (χ3v) is 11.3. The minimum atomic E-state index is -1.24. The number of aromatic nitrogens is 5. The molecule has 1 aliphatic carbocycles. The lowest BCUT2D eigenvalue weighted by molar-refractivity contribution is 0.0879. The number of hydrogen-bond donors (Lipinski definition) is 1. The Morgan fingerprint density at radius 3 is 2.72 bits per heavy atom. The molecule has 1 aliphatic heterocycles. The molecule has 0 bridgehead atoms. The molecular formula is C32H43BrN6O3Si. The van der Waals surface area contributed by atoms with Crippen LogP contribution in [0.5, 0.6) is 0 Å². The smallest absolute Gasteiger partial charge is 0.279 e. The van der Waals surface area contributed by atoms with Crippen molar-refractivity contribution in [3.8, 4) is 5.69 Å². The number of nitrogens with zero attached hydrogens (tertiary/aromatic N) is 5. The maximum atomic E-state index is 14.3. The van der Waals surface area contributed by atoms with Crippen molar-refractivity contribution in [1.82, 2.24) is 29.2 Å². The van der Waals surface area contributed by atoms with Crippen LogP contribution in [0, 0.1) is 5.92 Å². The summed E-state index contributed by atoms with van der Waals surface area (Å²) in [6.07, 6.45) is 8.26. The standard InChI is InChI=1S/C32H43BrN6O3Si/c1-37-20-35-36-31(37)29(22-7-5-8-22)23-9-6-10-25(15-23)38-18-28(33)27-16-26(17-34-24-11-12-41-19-24)39(30(27)32(38)40)21-42-13-14-43(2,3)4/h6,9-10,15-16,18,20,22,24,29,34H,5,7-8,11-14,17,19,21H2,1-4H3/t24-,29-/m1/s1. The van der Waals surface area contributed by atoms with Gasteiger partial charge in [-0.05, 0) is 70.9 Å². The summed E-state index contributed by atoms with van der Waals surface area (Å²) < 4.78 is 18.5. The maximum absolute atomic E-state index is 14.3. The highest BCUT2D eigenvalue weighted by Gasteiger charge is 2.33. The van der Waals surface area contributed by atoms with E-state index in [0.717, 1.165) is 58.3 Å². The molecule has 4 heterocycles. The summed E-state index contributed by atoms with van der Waals surface area (Å²) in [6.45, 7) is 10.2. The van der Waals surface area contributed by atoms with E-state index in [1.807, 2.05) is 23.9 Å². The minimum Gasteiger partial charge on any atom is -0.380 e. The number of halogens is 1. The van der Waals surface area contributed by atoms with Crippen molar-refractivity contribution >= 4 is 34.9 Å². The van der Waals surface area contributed by atoms with Gasteiger partial charge in [0.15, 0.2) is 0 Å². The molecule has 6 rings (SSSR count). The molecule has 1 saturated heterocycles. The Morgan fingerprint density at radius 1 is 1.21 bits per heavy atom. The third kappa shape index (κ3) is 6.61. The average Bonchev–Trinajstić information content (AvgIpc) is 3.69. The Hall–Kier alpha value is -2.57. The monoisotopic (exact) mass is 666 g/mol. The summed E-state index contributed by atoms with van der Waals surface area (Å²) in [7, 11) is 0.765. The van der Waals surface area contributed by atoms with Crippen molar-refractivity contribution in [2.45, 2.75) is 76.6 Å². The zero-order valence-corrected chi connectivity index (χ0v) is 28.3. The molecule has 1 saturated carbocycles. The fourth-order valence-electron chi connectivity index (χ4n) is 6.18. The van der Waals surface area contributed by atoms with Gasteiger partial charge in [0.25, 0.3) is 5.56 Å². The van der Waals surface area contributed by atoms with Gasteiger partial charge in [-0.15, -0.1) is 10.2 Å². The molecule has 230 valence electrons. The van der Waals surface area contributed by atoms with Crippen molar-refractivity contribution in [2.24, 2.45) is 13.0 Å². The predicted octanol–water partition coefficient (Wildman–Crippen LogP) is 5.81. The van der Waals surface area contributed by atoms with Crippen LogP contribution in [0.4, 0.5) is 0 Å². The molecule has 9 nitrogen and oxygen atoms in total. The Balaban J connectivity index is 1.38. The van der Waals surface area contributed by atoms with Crippen molar-refractivity contribution < 1.29 is 9.47 Å². The van der Waals surface area contributed by atoms with Gasteiger partial charge < -0.3 is 23.9 Å². The highest BCUT2D eigenvalue weighted by molar-refractivity contribution is 9.10. The van der Waals surface area contributed by atoms with E-state index in [9.17, 15) is 4.79 Å². The van der Waals surface area contributed by atoms with Gasteiger partial charge in [-0.2, -0.15) is 0 Å². The number of pyridine rings is 1. The van der Waals surface area contributed by atoms with E-state index >= 15 is 0 Å². The van der Waals surface area contributed by atoms with Gasteiger partial charge >= 0.3 is 0 Å². The molecule has 2 fully saturated rings. The molecule has 0 amide bonds. The third-order valence-electron chi connectivity index (χ3n) is 8.98. The zero-order chi connectivity index (χ0) is 30.1. The second-order valence-corrected chi connectivity index (χ2v) is 19.8. The second-order valence-electron chi connectivity index (χ2n) is 13.3.